The molecule has 0 bridgehead atoms. The first kappa shape index (κ1) is 13.4. The summed E-state index contributed by atoms with van der Waals surface area (Å²) in [5.41, 5.74) is 12.5. The lowest BCUT2D eigenvalue weighted by molar-refractivity contribution is 0.572. The number of thioether (sulfide) groups is 1. The van der Waals surface area contributed by atoms with E-state index in [1.165, 1.54) is 35.3 Å². The van der Waals surface area contributed by atoms with Crippen molar-refractivity contribution in [3.63, 3.8) is 0 Å². The van der Waals surface area contributed by atoms with E-state index in [2.05, 4.69) is 42.5 Å². The molecule has 0 radical (unpaired) electrons. The summed E-state index contributed by atoms with van der Waals surface area (Å²) in [6.07, 6.45) is 4.82. The highest BCUT2D eigenvalue weighted by molar-refractivity contribution is 7.99. The van der Waals surface area contributed by atoms with Crippen molar-refractivity contribution in [3.05, 3.63) is 64.7 Å². The summed E-state index contributed by atoms with van der Waals surface area (Å²) in [6, 6.07) is 16.0. The van der Waals surface area contributed by atoms with Crippen LogP contribution in [0.15, 0.2) is 47.4 Å². The fourth-order valence-electron chi connectivity index (χ4n) is 3.71. The fraction of sp³-hybridized carbons (Fsp3) is 0.368. The van der Waals surface area contributed by atoms with E-state index >= 15 is 0 Å². The lowest BCUT2D eigenvalue weighted by Gasteiger charge is -2.20. The third-order valence-corrected chi connectivity index (χ3v) is 6.10. The molecule has 108 valence electrons. The predicted octanol–water partition coefficient (Wildman–Crippen LogP) is 3.93. The van der Waals surface area contributed by atoms with Gasteiger partial charge in [0.15, 0.2) is 0 Å². The average Bonchev–Trinajstić information content (AvgIpc) is 3.13. The van der Waals surface area contributed by atoms with Crippen LogP contribution < -0.4 is 5.73 Å². The van der Waals surface area contributed by atoms with Gasteiger partial charge in [0.05, 0.1) is 0 Å². The highest BCUT2D eigenvalue weighted by Gasteiger charge is 2.28. The molecule has 4 rings (SSSR count). The van der Waals surface area contributed by atoms with Crippen LogP contribution in [0.25, 0.3) is 0 Å². The standard InChI is InChI=1S/C19H21NS/c20-18(17-12-21-19-7-2-1-6-16(17)19)11-13-8-9-14-4-3-5-15(14)10-13/h1-2,6-10,17-18H,3-5,11-12,20H2. The van der Waals surface area contributed by atoms with Crippen molar-refractivity contribution in [2.24, 2.45) is 5.73 Å². The molecule has 0 aromatic heterocycles. The maximum absolute atomic E-state index is 6.56. The fourth-order valence-corrected chi connectivity index (χ4v) is 5.06. The first-order valence-electron chi connectivity index (χ1n) is 7.89. The third kappa shape index (κ3) is 2.51. The molecule has 1 heterocycles. The molecule has 21 heavy (non-hydrogen) atoms. The van der Waals surface area contributed by atoms with Gasteiger partial charge >= 0.3 is 0 Å². The van der Waals surface area contributed by atoms with E-state index < -0.39 is 0 Å². The van der Waals surface area contributed by atoms with E-state index in [1.807, 2.05) is 11.8 Å². The van der Waals surface area contributed by atoms with Gasteiger partial charge in [0.25, 0.3) is 0 Å². The molecule has 2 atom stereocenters. The van der Waals surface area contributed by atoms with E-state index in [4.69, 9.17) is 5.73 Å². The number of nitrogens with two attached hydrogens (primary N) is 1. The van der Waals surface area contributed by atoms with Crippen molar-refractivity contribution in [1.82, 2.24) is 0 Å². The van der Waals surface area contributed by atoms with E-state index in [0.717, 1.165) is 12.2 Å². The van der Waals surface area contributed by atoms with Gasteiger partial charge in [-0.15, -0.1) is 11.8 Å². The van der Waals surface area contributed by atoms with Crippen LogP contribution in [0.4, 0.5) is 0 Å². The van der Waals surface area contributed by atoms with Gasteiger partial charge in [0.2, 0.25) is 0 Å². The summed E-state index contributed by atoms with van der Waals surface area (Å²) in [7, 11) is 0. The Balaban J connectivity index is 1.53. The van der Waals surface area contributed by atoms with Gasteiger partial charge in [-0.05, 0) is 54.0 Å². The highest BCUT2D eigenvalue weighted by atomic mass is 32.2. The molecule has 2 aromatic rings. The Bertz CT molecular complexity index is 664. The largest absolute Gasteiger partial charge is 0.327 e. The van der Waals surface area contributed by atoms with Gasteiger partial charge in [-0.1, -0.05) is 36.4 Å². The second kappa shape index (κ2) is 5.51. The monoisotopic (exact) mass is 295 g/mol. The Labute approximate surface area is 130 Å². The molecule has 2 aromatic carbocycles. The molecule has 0 saturated carbocycles. The third-order valence-electron chi connectivity index (χ3n) is 4.89. The van der Waals surface area contributed by atoms with Crippen LogP contribution in [0, 0.1) is 0 Å². The van der Waals surface area contributed by atoms with Crippen molar-refractivity contribution in [1.29, 1.82) is 0 Å². The molecule has 0 saturated heterocycles. The maximum Gasteiger partial charge on any atom is 0.0157 e. The summed E-state index contributed by atoms with van der Waals surface area (Å²) in [5.74, 6) is 1.63. The van der Waals surface area contributed by atoms with Gasteiger partial charge in [0.1, 0.15) is 0 Å². The quantitative estimate of drug-likeness (QED) is 0.928. The smallest absolute Gasteiger partial charge is 0.0157 e. The zero-order valence-corrected chi connectivity index (χ0v) is 13.0. The van der Waals surface area contributed by atoms with E-state index in [-0.39, 0.29) is 6.04 Å². The molecule has 2 heteroatoms. The van der Waals surface area contributed by atoms with Crippen molar-refractivity contribution in [3.8, 4) is 0 Å². The van der Waals surface area contributed by atoms with E-state index in [1.54, 1.807) is 11.1 Å². The number of rotatable bonds is 3. The Kier molecular flexibility index (Phi) is 3.52. The van der Waals surface area contributed by atoms with Gasteiger partial charge in [0, 0.05) is 22.6 Å². The van der Waals surface area contributed by atoms with Crippen LogP contribution in [0.3, 0.4) is 0 Å². The topological polar surface area (TPSA) is 26.0 Å². The summed E-state index contributed by atoms with van der Waals surface area (Å²) in [4.78, 5) is 1.42. The highest BCUT2D eigenvalue weighted by Crippen LogP contribution is 2.41. The zero-order valence-electron chi connectivity index (χ0n) is 12.2. The molecule has 0 fully saturated rings. The van der Waals surface area contributed by atoms with Crippen LogP contribution >= 0.6 is 11.8 Å². The Morgan fingerprint density at radius 1 is 1.10 bits per heavy atom. The molecule has 1 aliphatic heterocycles. The van der Waals surface area contributed by atoms with E-state index in [9.17, 15) is 0 Å². The Morgan fingerprint density at radius 2 is 1.95 bits per heavy atom. The molecule has 0 spiro atoms. The van der Waals surface area contributed by atoms with Crippen molar-refractivity contribution in [2.45, 2.75) is 42.5 Å². The van der Waals surface area contributed by atoms with Crippen molar-refractivity contribution >= 4 is 11.8 Å². The van der Waals surface area contributed by atoms with Gasteiger partial charge in [-0.3, -0.25) is 0 Å². The number of hydrogen-bond donors (Lipinski definition) is 1. The van der Waals surface area contributed by atoms with Gasteiger partial charge in [-0.25, -0.2) is 0 Å². The summed E-state index contributed by atoms with van der Waals surface area (Å²) >= 11 is 1.95. The minimum absolute atomic E-state index is 0.223. The molecule has 1 aliphatic carbocycles. The van der Waals surface area contributed by atoms with Gasteiger partial charge in [-0.2, -0.15) is 0 Å². The number of hydrogen-bond acceptors (Lipinski definition) is 2. The minimum Gasteiger partial charge on any atom is -0.327 e. The van der Waals surface area contributed by atoms with Crippen LogP contribution in [0.2, 0.25) is 0 Å². The predicted molar refractivity (Wildman–Crippen MR) is 90.1 cm³/mol. The summed E-state index contributed by atoms with van der Waals surface area (Å²) in [5, 5.41) is 0. The minimum atomic E-state index is 0.223. The first-order chi connectivity index (χ1) is 10.3. The molecule has 0 amide bonds. The number of aryl methyl sites for hydroxylation is 2. The molecular weight excluding hydrogens is 274 g/mol. The van der Waals surface area contributed by atoms with Crippen LogP contribution in [-0.2, 0) is 19.3 Å². The lowest BCUT2D eigenvalue weighted by atomic mass is 9.89. The Morgan fingerprint density at radius 3 is 2.90 bits per heavy atom. The second-order valence-electron chi connectivity index (χ2n) is 6.28. The first-order valence-corrected chi connectivity index (χ1v) is 8.88. The van der Waals surface area contributed by atoms with E-state index in [0.29, 0.717) is 5.92 Å². The Hall–Kier alpha value is -1.25. The second-order valence-corrected chi connectivity index (χ2v) is 7.34. The van der Waals surface area contributed by atoms with Crippen molar-refractivity contribution in [2.75, 3.05) is 5.75 Å². The molecule has 1 nitrogen and oxygen atoms in total. The summed E-state index contributed by atoms with van der Waals surface area (Å²) in [6.45, 7) is 0. The molecule has 2 N–H and O–H groups in total. The van der Waals surface area contributed by atoms with Crippen LogP contribution in [0.1, 0.15) is 34.6 Å². The maximum atomic E-state index is 6.56. The van der Waals surface area contributed by atoms with Gasteiger partial charge < -0.3 is 5.73 Å². The summed E-state index contributed by atoms with van der Waals surface area (Å²) < 4.78 is 0. The normalized spacial score (nSPS) is 21.1. The number of fused-ring (bicyclic) bond motifs is 2. The SMILES string of the molecule is NC(Cc1ccc2c(c1)CCC2)C1CSc2ccccc21. The van der Waals surface area contributed by atoms with Crippen molar-refractivity contribution < 1.29 is 0 Å². The molecule has 2 aliphatic rings. The molecular formula is C19H21NS. The average molecular weight is 295 g/mol. The van der Waals surface area contributed by atoms with Crippen LogP contribution in [-0.4, -0.2) is 11.8 Å². The number of benzene rings is 2. The van der Waals surface area contributed by atoms with Crippen LogP contribution in [0.5, 0.6) is 0 Å². The zero-order chi connectivity index (χ0) is 14.2. The lowest BCUT2D eigenvalue weighted by Crippen LogP contribution is -2.30. The molecule has 2 unspecified atom stereocenters.